The number of aromatic nitrogens is 3. The highest BCUT2D eigenvalue weighted by Gasteiger charge is 2.17. The molecule has 0 radical (unpaired) electrons. The molecule has 6 heteroatoms. The summed E-state index contributed by atoms with van der Waals surface area (Å²) in [6.07, 6.45) is 5.05. The number of nitrogens with one attached hydrogen (secondary N) is 2. The molecule has 0 aliphatic rings. The van der Waals surface area contributed by atoms with Gasteiger partial charge in [-0.2, -0.15) is 5.43 Å². The lowest BCUT2D eigenvalue weighted by molar-refractivity contribution is -0.649. The maximum Gasteiger partial charge on any atom is 0.211 e. The standard InChI is InChI=1S/C14H13BrFN4/c1-8-4-3-5-20(9(8)2)19-11-7-18-14-12(11)13(16)10(15)6-17-14/h3-7,19H,1-2H3,(H,17,18)/q+1. The van der Waals surface area contributed by atoms with Crippen LogP contribution in [0.25, 0.3) is 11.0 Å². The zero-order valence-corrected chi connectivity index (χ0v) is 12.6. The number of fused-ring (bicyclic) bond motifs is 1. The average Bonchev–Trinajstić information content (AvgIpc) is 2.83. The first-order chi connectivity index (χ1) is 9.58. The van der Waals surface area contributed by atoms with Crippen LogP contribution in [0, 0.1) is 19.7 Å². The van der Waals surface area contributed by atoms with Gasteiger partial charge in [-0.3, -0.25) is 0 Å². The van der Waals surface area contributed by atoms with Gasteiger partial charge in [-0.15, -0.1) is 0 Å². The maximum absolute atomic E-state index is 14.2. The summed E-state index contributed by atoms with van der Waals surface area (Å²) < 4.78 is 16.4. The van der Waals surface area contributed by atoms with E-state index in [1.54, 1.807) is 6.20 Å². The molecule has 3 rings (SSSR count). The average molecular weight is 336 g/mol. The van der Waals surface area contributed by atoms with E-state index < -0.39 is 0 Å². The second kappa shape index (κ2) is 4.86. The van der Waals surface area contributed by atoms with Gasteiger partial charge in [0.2, 0.25) is 5.69 Å². The lowest BCUT2D eigenvalue weighted by atomic mass is 10.2. The summed E-state index contributed by atoms with van der Waals surface area (Å²) in [5.74, 6) is -0.329. The normalized spacial score (nSPS) is 11.0. The van der Waals surface area contributed by atoms with Gasteiger partial charge >= 0.3 is 0 Å². The van der Waals surface area contributed by atoms with Gasteiger partial charge in [0.15, 0.2) is 12.0 Å². The fourth-order valence-electron chi connectivity index (χ4n) is 2.07. The molecule has 0 amide bonds. The molecular formula is C14H13BrFN4+. The zero-order chi connectivity index (χ0) is 14.3. The Morgan fingerprint density at radius 3 is 3.00 bits per heavy atom. The van der Waals surface area contributed by atoms with E-state index in [0.29, 0.717) is 21.2 Å². The quantitative estimate of drug-likeness (QED) is 0.706. The molecule has 0 aromatic carbocycles. The van der Waals surface area contributed by atoms with E-state index in [9.17, 15) is 4.39 Å². The van der Waals surface area contributed by atoms with Crippen molar-refractivity contribution in [1.29, 1.82) is 0 Å². The van der Waals surface area contributed by atoms with Gasteiger partial charge < -0.3 is 4.98 Å². The van der Waals surface area contributed by atoms with E-state index in [-0.39, 0.29) is 5.82 Å². The zero-order valence-electron chi connectivity index (χ0n) is 11.0. The highest BCUT2D eigenvalue weighted by Crippen LogP contribution is 2.28. The van der Waals surface area contributed by atoms with Gasteiger partial charge in [0.05, 0.1) is 9.86 Å². The molecule has 3 aromatic heterocycles. The summed E-state index contributed by atoms with van der Waals surface area (Å²) in [4.78, 5) is 7.11. The topological polar surface area (TPSA) is 44.6 Å². The Morgan fingerprint density at radius 2 is 2.20 bits per heavy atom. The molecular weight excluding hydrogens is 323 g/mol. The number of aryl methyl sites for hydroxylation is 1. The Labute approximate surface area is 123 Å². The van der Waals surface area contributed by atoms with E-state index in [1.807, 2.05) is 36.9 Å². The van der Waals surface area contributed by atoms with Crippen molar-refractivity contribution in [3.8, 4) is 0 Å². The Kier molecular flexibility index (Phi) is 3.17. The van der Waals surface area contributed by atoms with Gasteiger partial charge in [0, 0.05) is 30.9 Å². The Balaban J connectivity index is 2.12. The minimum absolute atomic E-state index is 0.329. The molecule has 20 heavy (non-hydrogen) atoms. The van der Waals surface area contributed by atoms with Gasteiger partial charge in [-0.25, -0.2) is 9.37 Å². The van der Waals surface area contributed by atoms with Crippen LogP contribution in [0.15, 0.2) is 35.2 Å². The molecule has 0 fully saturated rings. The van der Waals surface area contributed by atoms with Crippen molar-refractivity contribution in [3.63, 3.8) is 0 Å². The summed E-state index contributed by atoms with van der Waals surface area (Å²) in [5.41, 5.74) is 6.56. The summed E-state index contributed by atoms with van der Waals surface area (Å²) in [6, 6.07) is 3.97. The van der Waals surface area contributed by atoms with Gasteiger partial charge in [-0.05, 0) is 28.9 Å². The number of H-pyrrole nitrogens is 1. The van der Waals surface area contributed by atoms with Crippen molar-refractivity contribution >= 4 is 32.7 Å². The van der Waals surface area contributed by atoms with Crippen LogP contribution in [0.5, 0.6) is 0 Å². The predicted molar refractivity (Wildman–Crippen MR) is 78.9 cm³/mol. The van der Waals surface area contributed by atoms with Crippen molar-refractivity contribution in [3.05, 3.63) is 52.3 Å². The maximum atomic E-state index is 14.2. The number of hydrogen-bond donors (Lipinski definition) is 2. The van der Waals surface area contributed by atoms with Crippen LogP contribution in [0.2, 0.25) is 0 Å². The van der Waals surface area contributed by atoms with Gasteiger partial charge in [-0.1, -0.05) is 4.68 Å². The molecule has 0 saturated carbocycles. The molecule has 0 unspecified atom stereocenters. The first kappa shape index (κ1) is 13.1. The highest BCUT2D eigenvalue weighted by molar-refractivity contribution is 9.10. The van der Waals surface area contributed by atoms with Crippen LogP contribution < -0.4 is 10.1 Å². The molecule has 0 atom stereocenters. The molecule has 3 heterocycles. The molecule has 3 aromatic rings. The van der Waals surface area contributed by atoms with Crippen LogP contribution in [0.4, 0.5) is 10.1 Å². The number of pyridine rings is 2. The molecule has 102 valence electrons. The summed E-state index contributed by atoms with van der Waals surface area (Å²) in [6.45, 7) is 4.03. The first-order valence-corrected chi connectivity index (χ1v) is 6.93. The smallest absolute Gasteiger partial charge is 0.211 e. The van der Waals surface area contributed by atoms with Crippen molar-refractivity contribution in [1.82, 2.24) is 9.97 Å². The van der Waals surface area contributed by atoms with Gasteiger partial charge in [0.25, 0.3) is 0 Å². The van der Waals surface area contributed by atoms with Crippen molar-refractivity contribution in [2.45, 2.75) is 13.8 Å². The van der Waals surface area contributed by atoms with E-state index in [0.717, 1.165) is 11.3 Å². The summed E-state index contributed by atoms with van der Waals surface area (Å²) >= 11 is 3.16. The Hall–Kier alpha value is -1.95. The number of halogens is 2. The third-order valence-electron chi connectivity index (χ3n) is 3.35. The molecule has 0 bridgehead atoms. The van der Waals surface area contributed by atoms with E-state index in [4.69, 9.17) is 0 Å². The number of aromatic amines is 1. The number of nitrogens with zero attached hydrogens (tertiary/aromatic N) is 2. The molecule has 2 N–H and O–H groups in total. The molecule has 0 aliphatic heterocycles. The predicted octanol–water partition coefficient (Wildman–Crippen LogP) is 3.24. The fourth-order valence-corrected chi connectivity index (χ4v) is 2.37. The second-order valence-electron chi connectivity index (χ2n) is 4.60. The number of anilines is 1. The van der Waals surface area contributed by atoms with Crippen LogP contribution >= 0.6 is 15.9 Å². The van der Waals surface area contributed by atoms with Crippen LogP contribution in [-0.4, -0.2) is 9.97 Å². The SMILES string of the molecule is Cc1ccc[n+](Nc2c[nH]c3ncc(Br)c(F)c23)c1C. The van der Waals surface area contributed by atoms with Crippen LogP contribution in [0.3, 0.4) is 0 Å². The third kappa shape index (κ3) is 2.06. The van der Waals surface area contributed by atoms with Crippen molar-refractivity contribution in [2.75, 3.05) is 5.43 Å². The summed E-state index contributed by atoms with van der Waals surface area (Å²) in [5, 5.41) is 0.438. The monoisotopic (exact) mass is 335 g/mol. The Morgan fingerprint density at radius 1 is 1.40 bits per heavy atom. The minimum atomic E-state index is -0.329. The van der Waals surface area contributed by atoms with E-state index >= 15 is 0 Å². The van der Waals surface area contributed by atoms with Crippen molar-refractivity contribution in [2.24, 2.45) is 0 Å². The largest absolute Gasteiger partial charge is 0.344 e. The second-order valence-corrected chi connectivity index (χ2v) is 5.46. The third-order valence-corrected chi connectivity index (χ3v) is 3.90. The van der Waals surface area contributed by atoms with E-state index in [2.05, 4.69) is 31.3 Å². The molecule has 0 spiro atoms. The lowest BCUT2D eigenvalue weighted by Crippen LogP contribution is -2.45. The van der Waals surface area contributed by atoms with Crippen LogP contribution in [-0.2, 0) is 0 Å². The molecule has 4 nitrogen and oxygen atoms in total. The Bertz CT molecular complexity index is 797. The number of rotatable bonds is 2. The van der Waals surface area contributed by atoms with E-state index in [1.165, 1.54) is 6.20 Å². The fraction of sp³-hybridized carbons (Fsp3) is 0.143. The highest BCUT2D eigenvalue weighted by atomic mass is 79.9. The number of hydrogen-bond acceptors (Lipinski definition) is 2. The molecule has 0 aliphatic carbocycles. The van der Waals surface area contributed by atoms with Gasteiger partial charge in [0.1, 0.15) is 11.3 Å². The lowest BCUT2D eigenvalue weighted by Gasteiger charge is -2.04. The van der Waals surface area contributed by atoms with Crippen molar-refractivity contribution < 1.29 is 9.07 Å². The first-order valence-electron chi connectivity index (χ1n) is 6.14. The molecule has 0 saturated heterocycles. The minimum Gasteiger partial charge on any atom is -0.344 e. The summed E-state index contributed by atoms with van der Waals surface area (Å²) in [7, 11) is 0. The van der Waals surface area contributed by atoms with Crippen LogP contribution in [0.1, 0.15) is 11.3 Å².